The molecule has 1 atom stereocenters. The first-order valence-corrected chi connectivity index (χ1v) is 15.1. The van der Waals surface area contributed by atoms with E-state index in [1.165, 1.54) is 40.5 Å². The van der Waals surface area contributed by atoms with Crippen molar-refractivity contribution >= 4 is 72.3 Å². The number of amides is 1. The van der Waals surface area contributed by atoms with Crippen LogP contribution in [0.3, 0.4) is 0 Å². The van der Waals surface area contributed by atoms with E-state index >= 15 is 0 Å². The number of nitrogens with zero attached hydrogens (tertiary/aromatic N) is 5. The van der Waals surface area contributed by atoms with Gasteiger partial charge in [-0.25, -0.2) is 9.37 Å². The number of thiazole rings is 1. The number of Topliss-reactive ketones (excluding diaryl/α,β-unsaturated/α-hetero) is 1. The van der Waals surface area contributed by atoms with Crippen LogP contribution in [-0.4, -0.2) is 32.6 Å². The van der Waals surface area contributed by atoms with Gasteiger partial charge in [-0.15, -0.1) is 21.5 Å². The molecule has 3 aromatic rings. The summed E-state index contributed by atoms with van der Waals surface area (Å²) in [4.78, 5) is 31.6. The summed E-state index contributed by atoms with van der Waals surface area (Å²) < 4.78 is 14.8. The molecule has 1 aliphatic heterocycles. The fourth-order valence-electron chi connectivity index (χ4n) is 4.67. The maximum absolute atomic E-state index is 14.0. The number of aromatic nitrogens is 3. The van der Waals surface area contributed by atoms with Gasteiger partial charge in [-0.1, -0.05) is 43.0 Å². The van der Waals surface area contributed by atoms with Crippen molar-refractivity contribution in [3.8, 4) is 6.07 Å². The topological polar surface area (TPSA) is 138 Å². The number of carbonyl (C=O) groups is 2. The van der Waals surface area contributed by atoms with Gasteiger partial charge in [0.15, 0.2) is 15.3 Å². The highest BCUT2D eigenvalue weighted by atomic mass is 79.9. The van der Waals surface area contributed by atoms with E-state index in [1.807, 2.05) is 13.8 Å². The van der Waals surface area contributed by atoms with Crippen molar-refractivity contribution in [2.45, 2.75) is 36.9 Å². The van der Waals surface area contributed by atoms with Gasteiger partial charge in [0.25, 0.3) is 0 Å². The van der Waals surface area contributed by atoms with Crippen molar-refractivity contribution in [1.29, 1.82) is 5.26 Å². The summed E-state index contributed by atoms with van der Waals surface area (Å²) in [5.74, 6) is -1.27. The highest BCUT2D eigenvalue weighted by Gasteiger charge is 2.45. The Labute approximate surface area is 244 Å². The first-order valence-electron chi connectivity index (χ1n) is 11.6. The van der Waals surface area contributed by atoms with Gasteiger partial charge in [0.1, 0.15) is 11.6 Å². The van der Waals surface area contributed by atoms with Gasteiger partial charge >= 0.3 is 0 Å². The third-order valence-electron chi connectivity index (χ3n) is 6.25. The molecule has 0 fully saturated rings. The van der Waals surface area contributed by atoms with Crippen LogP contribution >= 0.6 is 50.4 Å². The van der Waals surface area contributed by atoms with Gasteiger partial charge in [0.2, 0.25) is 11.0 Å². The number of anilines is 2. The molecule has 2 aliphatic rings. The molecule has 0 spiro atoms. The quantitative estimate of drug-likeness (QED) is 0.330. The molecule has 0 bridgehead atoms. The lowest BCUT2D eigenvalue weighted by Crippen LogP contribution is -2.42. The summed E-state index contributed by atoms with van der Waals surface area (Å²) in [6.45, 7) is 4.00. The number of nitrogens with one attached hydrogen (secondary N) is 1. The summed E-state index contributed by atoms with van der Waals surface area (Å²) in [6.07, 6.45) is 2.41. The lowest BCUT2D eigenvalue weighted by Gasteiger charge is -2.42. The lowest BCUT2D eigenvalue weighted by atomic mass is 9.69. The Morgan fingerprint density at radius 3 is 2.87 bits per heavy atom. The van der Waals surface area contributed by atoms with E-state index in [0.717, 1.165) is 0 Å². The van der Waals surface area contributed by atoms with Crippen LogP contribution in [0.15, 0.2) is 61.3 Å². The van der Waals surface area contributed by atoms with E-state index in [4.69, 9.17) is 5.73 Å². The van der Waals surface area contributed by atoms with Crippen molar-refractivity contribution in [3.05, 3.63) is 68.3 Å². The molecule has 1 amide bonds. The van der Waals surface area contributed by atoms with Crippen molar-refractivity contribution in [2.75, 3.05) is 16.0 Å². The van der Waals surface area contributed by atoms with Gasteiger partial charge in [0.05, 0.1) is 27.8 Å². The SMILES string of the molecule is CC1(C)CC(=O)C2=C(C1)N(c1nnc(SCC(=O)Nc3nccs3)s1)C(N)=C(C#N)C2c1ccc(F)c(Br)c1. The van der Waals surface area contributed by atoms with E-state index in [2.05, 4.69) is 42.5 Å². The second-order valence-corrected chi connectivity index (χ2v) is 13.6. The standard InChI is InChI=1S/C25H21BrFN7O2S3/c1-25(2)8-16-20(17(35)9-25)19(12-3-4-15(27)14(26)7-12)13(10-28)21(29)34(16)23-32-33-24(39-23)38-11-18(36)31-22-30-5-6-37-22/h3-7,19H,8-9,11,29H2,1-2H3,(H,30,31,36). The third kappa shape index (κ3) is 5.49. The molecule has 0 saturated carbocycles. The third-order valence-corrected chi connectivity index (χ3v) is 9.59. The number of thioether (sulfide) groups is 1. The van der Waals surface area contributed by atoms with Gasteiger partial charge in [-0.2, -0.15) is 5.26 Å². The number of hydrogen-bond donors (Lipinski definition) is 2. The van der Waals surface area contributed by atoms with Crippen LogP contribution in [0, 0.1) is 22.6 Å². The minimum absolute atomic E-state index is 0.101. The van der Waals surface area contributed by atoms with E-state index in [-0.39, 0.29) is 38.7 Å². The number of hydrogen-bond acceptors (Lipinski definition) is 11. The minimum Gasteiger partial charge on any atom is -0.384 e. The molecule has 9 nitrogen and oxygen atoms in total. The molecular formula is C25H21BrFN7O2S3. The van der Waals surface area contributed by atoms with Crippen LogP contribution in [0.25, 0.3) is 0 Å². The Bertz CT molecular complexity index is 1580. The molecule has 3 heterocycles. The number of halogens is 2. The maximum Gasteiger partial charge on any atom is 0.236 e. The van der Waals surface area contributed by atoms with E-state index in [0.29, 0.717) is 44.3 Å². The molecule has 1 aliphatic carbocycles. The van der Waals surface area contributed by atoms with Crippen molar-refractivity contribution in [3.63, 3.8) is 0 Å². The van der Waals surface area contributed by atoms with E-state index in [1.54, 1.807) is 28.6 Å². The largest absolute Gasteiger partial charge is 0.384 e. The van der Waals surface area contributed by atoms with Crippen LogP contribution in [-0.2, 0) is 9.59 Å². The smallest absolute Gasteiger partial charge is 0.236 e. The van der Waals surface area contributed by atoms with Gasteiger partial charge < -0.3 is 11.1 Å². The summed E-state index contributed by atoms with van der Waals surface area (Å²) >= 11 is 6.96. The Balaban J connectivity index is 1.51. The average Bonchev–Trinajstić information content (AvgIpc) is 3.55. The number of nitrogens with two attached hydrogens (primary N) is 1. The maximum atomic E-state index is 14.0. The molecule has 3 N–H and O–H groups in total. The highest BCUT2D eigenvalue weighted by Crippen LogP contribution is 2.51. The summed E-state index contributed by atoms with van der Waals surface area (Å²) in [5, 5.41) is 24.1. The van der Waals surface area contributed by atoms with E-state index < -0.39 is 11.7 Å². The molecule has 2 aromatic heterocycles. The number of rotatable bonds is 6. The van der Waals surface area contributed by atoms with Gasteiger partial charge in [0, 0.05) is 29.3 Å². The Kier molecular flexibility index (Phi) is 7.60. The molecule has 5 rings (SSSR count). The first-order chi connectivity index (χ1) is 18.6. The zero-order chi connectivity index (χ0) is 27.9. The van der Waals surface area contributed by atoms with E-state index in [9.17, 15) is 19.2 Å². The van der Waals surface area contributed by atoms with Crippen LogP contribution in [0.2, 0.25) is 0 Å². The number of carbonyl (C=O) groups excluding carboxylic acids is 2. The Morgan fingerprint density at radius 1 is 1.38 bits per heavy atom. The number of benzene rings is 1. The predicted octanol–water partition coefficient (Wildman–Crippen LogP) is 5.57. The van der Waals surface area contributed by atoms with Crippen molar-refractivity contribution < 1.29 is 14.0 Å². The Hall–Kier alpha value is -3.12. The molecule has 1 aromatic carbocycles. The number of nitriles is 1. The molecular weight excluding hydrogens is 625 g/mol. The van der Waals surface area contributed by atoms with Crippen LogP contribution < -0.4 is 16.0 Å². The highest BCUT2D eigenvalue weighted by molar-refractivity contribution is 9.10. The Morgan fingerprint density at radius 2 is 2.18 bits per heavy atom. The molecule has 39 heavy (non-hydrogen) atoms. The zero-order valence-corrected chi connectivity index (χ0v) is 24.7. The molecule has 1 unspecified atom stereocenters. The van der Waals surface area contributed by atoms with Crippen molar-refractivity contribution in [1.82, 2.24) is 15.2 Å². The van der Waals surface area contributed by atoms with Crippen molar-refractivity contribution in [2.24, 2.45) is 11.1 Å². The second-order valence-electron chi connectivity index (χ2n) is 9.68. The number of ketones is 1. The molecule has 0 saturated heterocycles. The summed E-state index contributed by atoms with van der Waals surface area (Å²) in [5.41, 5.74) is 8.12. The van der Waals surface area contributed by atoms with Crippen LogP contribution in [0.4, 0.5) is 14.7 Å². The fraction of sp³-hybridized carbons (Fsp3) is 0.280. The summed E-state index contributed by atoms with van der Waals surface area (Å²) in [7, 11) is 0. The normalized spacial score (nSPS) is 18.7. The second kappa shape index (κ2) is 10.8. The van der Waals surface area contributed by atoms with Gasteiger partial charge in [-0.3, -0.25) is 14.5 Å². The number of allylic oxidation sites excluding steroid dienone is 3. The monoisotopic (exact) mass is 645 g/mol. The molecule has 200 valence electrons. The lowest BCUT2D eigenvalue weighted by molar-refractivity contribution is -0.118. The minimum atomic E-state index is -0.738. The zero-order valence-electron chi connectivity index (χ0n) is 20.7. The summed E-state index contributed by atoms with van der Waals surface area (Å²) in [6, 6.07) is 6.63. The predicted molar refractivity (Wildman–Crippen MR) is 153 cm³/mol. The first kappa shape index (κ1) is 27.4. The average molecular weight is 647 g/mol. The van der Waals surface area contributed by atoms with Crippen LogP contribution in [0.5, 0.6) is 0 Å². The van der Waals surface area contributed by atoms with Gasteiger partial charge in [-0.05, 0) is 45.5 Å². The van der Waals surface area contributed by atoms with Crippen LogP contribution in [0.1, 0.15) is 38.2 Å². The molecule has 0 radical (unpaired) electrons. The fourth-order valence-corrected chi connectivity index (χ4v) is 7.29. The molecule has 14 heteroatoms.